The molecular formula is C18H19NO3. The smallest absolute Gasteiger partial charge is 0.327 e. The molecule has 0 bridgehead atoms. The van der Waals surface area contributed by atoms with Crippen LogP contribution in [0.2, 0.25) is 0 Å². The van der Waals surface area contributed by atoms with E-state index in [4.69, 9.17) is 4.74 Å². The molecule has 0 radical (unpaired) electrons. The molecule has 4 heteroatoms. The van der Waals surface area contributed by atoms with Gasteiger partial charge in [-0.3, -0.25) is 4.79 Å². The Morgan fingerprint density at radius 1 is 1.00 bits per heavy atom. The van der Waals surface area contributed by atoms with Crippen molar-refractivity contribution >= 4 is 11.8 Å². The molecule has 0 saturated heterocycles. The number of hydrogen-bond donors (Lipinski definition) is 1. The lowest BCUT2D eigenvalue weighted by atomic mass is 10.1. The van der Waals surface area contributed by atoms with Crippen molar-refractivity contribution in [1.82, 2.24) is 5.32 Å². The SMILES string of the molecule is COC(=O)[C@@H](NCCC(=O)c1ccccc1)c1ccccc1. The van der Waals surface area contributed by atoms with Crippen LogP contribution in [0.5, 0.6) is 0 Å². The summed E-state index contributed by atoms with van der Waals surface area (Å²) in [6.07, 6.45) is 0.324. The average Bonchev–Trinajstić information content (AvgIpc) is 2.59. The van der Waals surface area contributed by atoms with Crippen molar-refractivity contribution in [3.05, 3.63) is 71.8 Å². The van der Waals surface area contributed by atoms with Gasteiger partial charge in [-0.05, 0) is 5.56 Å². The Morgan fingerprint density at radius 2 is 1.59 bits per heavy atom. The molecule has 0 fully saturated rings. The number of nitrogens with one attached hydrogen (secondary N) is 1. The van der Waals surface area contributed by atoms with Crippen LogP contribution in [0.25, 0.3) is 0 Å². The molecule has 1 N–H and O–H groups in total. The van der Waals surface area contributed by atoms with Gasteiger partial charge in [0.15, 0.2) is 5.78 Å². The highest BCUT2D eigenvalue weighted by Gasteiger charge is 2.20. The Bertz CT molecular complexity index is 611. The molecule has 2 aromatic rings. The first kappa shape index (κ1) is 15.9. The quantitative estimate of drug-likeness (QED) is 0.630. The third-order valence-electron chi connectivity index (χ3n) is 3.37. The molecule has 4 nitrogen and oxygen atoms in total. The molecule has 22 heavy (non-hydrogen) atoms. The zero-order valence-corrected chi connectivity index (χ0v) is 12.5. The Morgan fingerprint density at radius 3 is 2.18 bits per heavy atom. The largest absolute Gasteiger partial charge is 0.468 e. The molecule has 0 aliphatic heterocycles. The third-order valence-corrected chi connectivity index (χ3v) is 3.37. The van der Waals surface area contributed by atoms with Crippen LogP contribution in [0.4, 0.5) is 0 Å². The number of esters is 1. The summed E-state index contributed by atoms with van der Waals surface area (Å²) in [6.45, 7) is 0.405. The van der Waals surface area contributed by atoms with E-state index in [1.54, 1.807) is 12.1 Å². The lowest BCUT2D eigenvalue weighted by Gasteiger charge is -2.16. The van der Waals surface area contributed by atoms with Crippen molar-refractivity contribution < 1.29 is 14.3 Å². The van der Waals surface area contributed by atoms with Gasteiger partial charge in [0.2, 0.25) is 0 Å². The molecule has 0 aliphatic rings. The second kappa shape index (κ2) is 8.10. The molecule has 0 aromatic heterocycles. The molecular weight excluding hydrogens is 278 g/mol. The number of benzene rings is 2. The third kappa shape index (κ3) is 4.27. The summed E-state index contributed by atoms with van der Waals surface area (Å²) in [5, 5.41) is 3.09. The fourth-order valence-corrected chi connectivity index (χ4v) is 2.20. The van der Waals surface area contributed by atoms with E-state index >= 15 is 0 Å². The molecule has 0 unspecified atom stereocenters. The second-order valence-corrected chi connectivity index (χ2v) is 4.86. The number of Topliss-reactive ketones (excluding diaryl/α,β-unsaturated/α-hetero) is 1. The first-order valence-electron chi connectivity index (χ1n) is 7.17. The standard InChI is InChI=1S/C18H19NO3/c1-22-18(21)17(15-10-6-3-7-11-15)19-13-12-16(20)14-8-4-2-5-9-14/h2-11,17,19H,12-13H2,1H3/t17-/m0/s1. The highest BCUT2D eigenvalue weighted by atomic mass is 16.5. The van der Waals surface area contributed by atoms with Crippen molar-refractivity contribution in [2.75, 3.05) is 13.7 Å². The molecule has 1 atom stereocenters. The monoisotopic (exact) mass is 297 g/mol. The Labute approximate surface area is 130 Å². The molecule has 0 spiro atoms. The predicted octanol–water partition coefficient (Wildman–Crippen LogP) is 2.76. The molecule has 2 rings (SSSR count). The van der Waals surface area contributed by atoms with E-state index in [9.17, 15) is 9.59 Å². The van der Waals surface area contributed by atoms with Crippen LogP contribution in [0, 0.1) is 0 Å². The van der Waals surface area contributed by atoms with Crippen molar-refractivity contribution in [2.24, 2.45) is 0 Å². The van der Waals surface area contributed by atoms with E-state index in [0.717, 1.165) is 5.56 Å². The number of methoxy groups -OCH3 is 1. The second-order valence-electron chi connectivity index (χ2n) is 4.86. The zero-order chi connectivity index (χ0) is 15.8. The van der Waals surface area contributed by atoms with Gasteiger partial charge in [-0.1, -0.05) is 60.7 Å². The van der Waals surface area contributed by atoms with E-state index in [-0.39, 0.29) is 11.8 Å². The van der Waals surface area contributed by atoms with Gasteiger partial charge >= 0.3 is 5.97 Å². The maximum atomic E-state index is 12.0. The summed E-state index contributed by atoms with van der Waals surface area (Å²) in [6, 6.07) is 17.9. The Balaban J connectivity index is 1.95. The van der Waals surface area contributed by atoms with Crippen LogP contribution >= 0.6 is 0 Å². The molecule has 0 saturated carbocycles. The highest BCUT2D eigenvalue weighted by Crippen LogP contribution is 2.14. The van der Waals surface area contributed by atoms with Crippen LogP contribution in [0.1, 0.15) is 28.4 Å². The fraction of sp³-hybridized carbons (Fsp3) is 0.222. The number of hydrogen-bond acceptors (Lipinski definition) is 4. The van der Waals surface area contributed by atoms with Gasteiger partial charge in [0.25, 0.3) is 0 Å². The number of rotatable bonds is 7. The number of carbonyl (C=O) groups is 2. The van der Waals surface area contributed by atoms with Crippen molar-refractivity contribution in [2.45, 2.75) is 12.5 Å². The first-order valence-corrected chi connectivity index (χ1v) is 7.17. The molecule has 0 amide bonds. The van der Waals surface area contributed by atoms with Gasteiger partial charge in [0, 0.05) is 18.5 Å². The van der Waals surface area contributed by atoms with Crippen molar-refractivity contribution in [1.29, 1.82) is 0 Å². The lowest BCUT2D eigenvalue weighted by Crippen LogP contribution is -2.31. The Kier molecular flexibility index (Phi) is 5.86. The van der Waals surface area contributed by atoms with Crippen LogP contribution in [-0.2, 0) is 9.53 Å². The van der Waals surface area contributed by atoms with E-state index in [0.29, 0.717) is 18.5 Å². The van der Waals surface area contributed by atoms with Gasteiger partial charge in [0.05, 0.1) is 7.11 Å². The lowest BCUT2D eigenvalue weighted by molar-refractivity contribution is -0.143. The normalized spacial score (nSPS) is 11.7. The maximum absolute atomic E-state index is 12.0. The molecule has 114 valence electrons. The Hall–Kier alpha value is -2.46. The predicted molar refractivity (Wildman–Crippen MR) is 84.6 cm³/mol. The van der Waals surface area contributed by atoms with E-state index in [1.807, 2.05) is 48.5 Å². The fourth-order valence-electron chi connectivity index (χ4n) is 2.20. The summed E-state index contributed by atoms with van der Waals surface area (Å²) < 4.78 is 4.82. The van der Waals surface area contributed by atoms with Gasteiger partial charge in [0.1, 0.15) is 6.04 Å². The maximum Gasteiger partial charge on any atom is 0.327 e. The summed E-state index contributed by atoms with van der Waals surface area (Å²) in [7, 11) is 1.36. The van der Waals surface area contributed by atoms with Crippen LogP contribution in [0.3, 0.4) is 0 Å². The number of carbonyl (C=O) groups excluding carboxylic acids is 2. The minimum Gasteiger partial charge on any atom is -0.468 e. The summed E-state index contributed by atoms with van der Waals surface area (Å²) in [4.78, 5) is 23.9. The average molecular weight is 297 g/mol. The first-order chi connectivity index (χ1) is 10.7. The van der Waals surface area contributed by atoms with E-state index in [2.05, 4.69) is 5.32 Å². The zero-order valence-electron chi connectivity index (χ0n) is 12.5. The summed E-state index contributed by atoms with van der Waals surface area (Å²) >= 11 is 0. The van der Waals surface area contributed by atoms with Crippen LogP contribution in [0.15, 0.2) is 60.7 Å². The topological polar surface area (TPSA) is 55.4 Å². The number of ketones is 1. The minimum absolute atomic E-state index is 0.0461. The van der Waals surface area contributed by atoms with Gasteiger partial charge in [-0.25, -0.2) is 4.79 Å². The molecule has 0 aliphatic carbocycles. The van der Waals surface area contributed by atoms with Crippen molar-refractivity contribution in [3.63, 3.8) is 0 Å². The highest BCUT2D eigenvalue weighted by molar-refractivity contribution is 5.96. The minimum atomic E-state index is -0.560. The van der Waals surface area contributed by atoms with Gasteiger partial charge in [-0.2, -0.15) is 0 Å². The number of ether oxygens (including phenoxy) is 1. The molecule has 0 heterocycles. The summed E-state index contributed by atoms with van der Waals surface area (Å²) in [5.74, 6) is -0.317. The van der Waals surface area contributed by atoms with Crippen molar-refractivity contribution in [3.8, 4) is 0 Å². The van der Waals surface area contributed by atoms with Crippen LogP contribution < -0.4 is 5.32 Å². The van der Waals surface area contributed by atoms with Gasteiger partial charge in [-0.15, -0.1) is 0 Å². The van der Waals surface area contributed by atoms with E-state index < -0.39 is 6.04 Å². The van der Waals surface area contributed by atoms with Crippen LogP contribution in [-0.4, -0.2) is 25.4 Å². The van der Waals surface area contributed by atoms with E-state index in [1.165, 1.54) is 7.11 Å². The molecule has 2 aromatic carbocycles. The van der Waals surface area contributed by atoms with Gasteiger partial charge < -0.3 is 10.1 Å². The summed E-state index contributed by atoms with van der Waals surface area (Å²) in [5.41, 5.74) is 1.50.